The summed E-state index contributed by atoms with van der Waals surface area (Å²) in [4.78, 5) is 26.6. The van der Waals surface area contributed by atoms with E-state index in [0.717, 1.165) is 48.4 Å². The van der Waals surface area contributed by atoms with Crippen molar-refractivity contribution >= 4 is 11.9 Å². The van der Waals surface area contributed by atoms with E-state index in [9.17, 15) is 9.59 Å². The molecule has 1 spiro atoms. The number of hydrogen-bond donors (Lipinski definition) is 2. The van der Waals surface area contributed by atoms with Gasteiger partial charge in [-0.25, -0.2) is 4.79 Å². The summed E-state index contributed by atoms with van der Waals surface area (Å²) in [6.45, 7) is 4.14. The van der Waals surface area contributed by atoms with E-state index in [1.54, 1.807) is 7.11 Å². The number of methoxy groups -OCH3 is 1. The van der Waals surface area contributed by atoms with Crippen LogP contribution >= 0.6 is 0 Å². The third-order valence-corrected chi connectivity index (χ3v) is 6.31. The molecule has 0 atom stereocenters. The Hall–Kier alpha value is -3.02. The molecule has 0 radical (unpaired) electrons. The van der Waals surface area contributed by atoms with Gasteiger partial charge in [-0.15, -0.1) is 0 Å². The van der Waals surface area contributed by atoms with Crippen LogP contribution in [0, 0.1) is 12.3 Å². The average molecular weight is 408 g/mol. The molecule has 30 heavy (non-hydrogen) atoms. The molecule has 2 aliphatic rings. The summed E-state index contributed by atoms with van der Waals surface area (Å²) in [5.41, 5.74) is 3.49. The highest BCUT2D eigenvalue weighted by Gasteiger charge is 2.53. The lowest BCUT2D eigenvalue weighted by Crippen LogP contribution is -2.68. The van der Waals surface area contributed by atoms with Crippen LogP contribution in [0.15, 0.2) is 48.5 Å². The van der Waals surface area contributed by atoms with Gasteiger partial charge in [0.1, 0.15) is 5.75 Å². The van der Waals surface area contributed by atoms with E-state index in [1.165, 1.54) is 0 Å². The van der Waals surface area contributed by atoms with Crippen molar-refractivity contribution in [2.75, 3.05) is 20.2 Å². The SMILES string of the molecule is COc1ccc(CNC(=O)NC2CC3(C2)CN(C(=O)Cc2ccccc2C)C3)cc1. The molecule has 0 bridgehead atoms. The molecule has 6 nitrogen and oxygen atoms in total. The van der Waals surface area contributed by atoms with Gasteiger partial charge in [0, 0.05) is 31.1 Å². The quantitative estimate of drug-likeness (QED) is 0.773. The first-order valence-corrected chi connectivity index (χ1v) is 10.5. The van der Waals surface area contributed by atoms with Crippen LogP contribution in [0.25, 0.3) is 0 Å². The number of aryl methyl sites for hydroxylation is 1. The van der Waals surface area contributed by atoms with Crippen LogP contribution in [0.5, 0.6) is 5.75 Å². The molecule has 1 aliphatic carbocycles. The molecule has 6 heteroatoms. The zero-order chi connectivity index (χ0) is 21.1. The van der Waals surface area contributed by atoms with Crippen molar-refractivity contribution in [3.63, 3.8) is 0 Å². The minimum absolute atomic E-state index is 0.141. The average Bonchev–Trinajstić information content (AvgIpc) is 2.69. The van der Waals surface area contributed by atoms with Gasteiger partial charge in [-0.2, -0.15) is 0 Å². The van der Waals surface area contributed by atoms with Gasteiger partial charge in [0.05, 0.1) is 13.5 Å². The van der Waals surface area contributed by atoms with Crippen LogP contribution in [0.4, 0.5) is 4.79 Å². The molecule has 158 valence electrons. The third kappa shape index (κ3) is 4.42. The van der Waals surface area contributed by atoms with Gasteiger partial charge in [-0.05, 0) is 48.6 Å². The molecule has 4 rings (SSSR count). The summed E-state index contributed by atoms with van der Waals surface area (Å²) >= 11 is 0. The first kappa shape index (κ1) is 20.3. The highest BCUT2D eigenvalue weighted by Crippen LogP contribution is 2.48. The predicted molar refractivity (Wildman–Crippen MR) is 115 cm³/mol. The zero-order valence-electron chi connectivity index (χ0n) is 17.6. The maximum atomic E-state index is 12.5. The molecule has 0 unspecified atom stereocenters. The number of carbonyl (C=O) groups is 2. The van der Waals surface area contributed by atoms with Crippen molar-refractivity contribution in [3.05, 3.63) is 65.2 Å². The van der Waals surface area contributed by atoms with Gasteiger partial charge in [0.15, 0.2) is 0 Å². The molecule has 0 aromatic heterocycles. The second kappa shape index (κ2) is 8.38. The van der Waals surface area contributed by atoms with E-state index in [0.29, 0.717) is 13.0 Å². The van der Waals surface area contributed by atoms with Crippen LogP contribution in [0.2, 0.25) is 0 Å². The van der Waals surface area contributed by atoms with Crippen LogP contribution in [-0.2, 0) is 17.8 Å². The fraction of sp³-hybridized carbons (Fsp3) is 0.417. The van der Waals surface area contributed by atoms with Crippen molar-refractivity contribution in [3.8, 4) is 5.75 Å². The van der Waals surface area contributed by atoms with E-state index in [4.69, 9.17) is 4.74 Å². The third-order valence-electron chi connectivity index (χ3n) is 6.31. The second-order valence-corrected chi connectivity index (χ2v) is 8.63. The van der Waals surface area contributed by atoms with Gasteiger partial charge >= 0.3 is 6.03 Å². The highest BCUT2D eigenvalue weighted by atomic mass is 16.5. The van der Waals surface area contributed by atoms with Gasteiger partial charge in [-0.3, -0.25) is 4.79 Å². The molecule has 1 saturated carbocycles. The van der Waals surface area contributed by atoms with Gasteiger partial charge < -0.3 is 20.3 Å². The normalized spacial score (nSPS) is 17.1. The molecule has 3 amide bonds. The minimum atomic E-state index is -0.141. The summed E-state index contributed by atoms with van der Waals surface area (Å²) in [7, 11) is 1.63. The Kier molecular flexibility index (Phi) is 5.66. The van der Waals surface area contributed by atoms with Crippen molar-refractivity contribution in [2.24, 2.45) is 5.41 Å². The lowest BCUT2D eigenvalue weighted by atomic mass is 9.60. The van der Waals surface area contributed by atoms with Gasteiger partial charge in [0.25, 0.3) is 0 Å². The summed E-state index contributed by atoms with van der Waals surface area (Å²) in [6.07, 6.45) is 2.35. The van der Waals surface area contributed by atoms with E-state index < -0.39 is 0 Å². The second-order valence-electron chi connectivity index (χ2n) is 8.63. The molecular weight excluding hydrogens is 378 g/mol. The molecule has 2 fully saturated rings. The predicted octanol–water partition coefficient (Wildman–Crippen LogP) is 3.04. The number of hydrogen-bond acceptors (Lipinski definition) is 3. The molecular formula is C24H29N3O3. The number of amides is 3. The summed E-state index contributed by atoms with van der Waals surface area (Å²) < 4.78 is 5.14. The molecule has 1 aliphatic heterocycles. The fourth-order valence-electron chi connectivity index (χ4n) is 4.53. The number of nitrogens with zero attached hydrogens (tertiary/aromatic N) is 1. The maximum Gasteiger partial charge on any atom is 0.315 e. The van der Waals surface area contributed by atoms with E-state index in [1.807, 2.05) is 60.4 Å². The molecule has 2 aromatic rings. The number of benzene rings is 2. The van der Waals surface area contributed by atoms with Crippen LogP contribution in [0.3, 0.4) is 0 Å². The monoisotopic (exact) mass is 407 g/mol. The Morgan fingerprint density at radius 2 is 1.80 bits per heavy atom. The van der Waals surface area contributed by atoms with Crippen molar-refractivity contribution in [1.82, 2.24) is 15.5 Å². The Bertz CT molecular complexity index is 912. The Morgan fingerprint density at radius 3 is 2.47 bits per heavy atom. The molecule has 2 N–H and O–H groups in total. The van der Waals surface area contributed by atoms with Crippen LogP contribution < -0.4 is 15.4 Å². The van der Waals surface area contributed by atoms with E-state index >= 15 is 0 Å². The van der Waals surface area contributed by atoms with Crippen molar-refractivity contribution in [1.29, 1.82) is 0 Å². The zero-order valence-corrected chi connectivity index (χ0v) is 17.6. The maximum absolute atomic E-state index is 12.5. The van der Waals surface area contributed by atoms with Crippen molar-refractivity contribution < 1.29 is 14.3 Å². The minimum Gasteiger partial charge on any atom is -0.497 e. The van der Waals surface area contributed by atoms with Gasteiger partial charge in [-0.1, -0.05) is 36.4 Å². The number of ether oxygens (including phenoxy) is 1. The lowest BCUT2D eigenvalue weighted by Gasteiger charge is -2.59. The Labute approximate surface area is 177 Å². The topological polar surface area (TPSA) is 70.7 Å². The Morgan fingerprint density at radius 1 is 1.10 bits per heavy atom. The number of carbonyl (C=O) groups excluding carboxylic acids is 2. The fourth-order valence-corrected chi connectivity index (χ4v) is 4.53. The molecule has 2 aromatic carbocycles. The standard InChI is InChI=1S/C24H29N3O3/c1-17-5-3-4-6-19(17)11-22(28)27-15-24(16-27)12-20(13-24)26-23(29)25-14-18-7-9-21(30-2)10-8-18/h3-10,20H,11-16H2,1-2H3,(H2,25,26,29). The molecule has 1 heterocycles. The lowest BCUT2D eigenvalue weighted by molar-refractivity contribution is -0.151. The highest BCUT2D eigenvalue weighted by molar-refractivity contribution is 5.80. The van der Waals surface area contributed by atoms with E-state index in [2.05, 4.69) is 10.6 Å². The summed E-state index contributed by atoms with van der Waals surface area (Å²) in [5.74, 6) is 0.999. The number of urea groups is 1. The largest absolute Gasteiger partial charge is 0.497 e. The number of likely N-dealkylation sites (tertiary alicyclic amines) is 1. The Balaban J connectivity index is 1.15. The first-order valence-electron chi connectivity index (χ1n) is 10.5. The smallest absolute Gasteiger partial charge is 0.315 e. The molecule has 1 saturated heterocycles. The first-order chi connectivity index (χ1) is 14.5. The van der Waals surface area contributed by atoms with E-state index in [-0.39, 0.29) is 23.4 Å². The van der Waals surface area contributed by atoms with Gasteiger partial charge in [0.2, 0.25) is 5.91 Å². The summed E-state index contributed by atoms with van der Waals surface area (Å²) in [5, 5.41) is 5.95. The number of rotatable bonds is 6. The number of nitrogens with one attached hydrogen (secondary N) is 2. The van der Waals surface area contributed by atoms with Crippen molar-refractivity contribution in [2.45, 2.75) is 38.8 Å². The van der Waals surface area contributed by atoms with Crippen LogP contribution in [0.1, 0.15) is 29.5 Å². The van der Waals surface area contributed by atoms with Crippen LogP contribution in [-0.4, -0.2) is 43.1 Å². The summed E-state index contributed by atoms with van der Waals surface area (Å²) in [6, 6.07) is 15.7.